The fourth-order valence-corrected chi connectivity index (χ4v) is 6.05. The number of sulfonamides is 1. The van der Waals surface area contributed by atoms with E-state index < -0.39 is 10.0 Å². The normalized spacial score (nSPS) is 29.6. The molecule has 0 aromatic rings. The molecule has 0 aromatic heterocycles. The molecule has 21 heavy (non-hydrogen) atoms. The summed E-state index contributed by atoms with van der Waals surface area (Å²) in [6.45, 7) is 3.31. The molecular formula is C15H30N2O2S2. The molecule has 1 aliphatic carbocycles. The van der Waals surface area contributed by atoms with Crippen LogP contribution in [-0.2, 0) is 10.0 Å². The maximum absolute atomic E-state index is 12.1. The van der Waals surface area contributed by atoms with Crippen molar-refractivity contribution in [2.75, 3.05) is 25.1 Å². The number of hydrogen-bond donors (Lipinski definition) is 1. The molecule has 0 bridgehead atoms. The molecule has 0 spiro atoms. The van der Waals surface area contributed by atoms with Crippen LogP contribution in [0.1, 0.15) is 51.9 Å². The summed E-state index contributed by atoms with van der Waals surface area (Å²) in [6, 6.07) is 1.12. The van der Waals surface area contributed by atoms with Gasteiger partial charge in [-0.3, -0.25) is 0 Å². The summed E-state index contributed by atoms with van der Waals surface area (Å²) >= 11 is 1.99. The average molecular weight is 335 g/mol. The molecule has 1 heterocycles. The minimum absolute atomic E-state index is 0.294. The van der Waals surface area contributed by atoms with Crippen molar-refractivity contribution in [1.82, 2.24) is 9.62 Å². The van der Waals surface area contributed by atoms with Crippen LogP contribution in [0.15, 0.2) is 0 Å². The van der Waals surface area contributed by atoms with E-state index in [1.807, 2.05) is 18.7 Å². The van der Waals surface area contributed by atoms with Crippen molar-refractivity contribution in [3.63, 3.8) is 0 Å². The lowest BCUT2D eigenvalue weighted by Gasteiger charge is -2.37. The zero-order valence-electron chi connectivity index (χ0n) is 13.4. The van der Waals surface area contributed by atoms with Gasteiger partial charge in [-0.2, -0.15) is 11.8 Å². The number of rotatable bonds is 6. The minimum atomic E-state index is -3.00. The van der Waals surface area contributed by atoms with Crippen LogP contribution in [0.3, 0.4) is 0 Å². The molecule has 0 amide bonds. The topological polar surface area (TPSA) is 49.4 Å². The standard InChI is InChI=1S/C15H30N2O2S2/c1-3-12-21(18,19)17-10-8-13(9-11-17)16-14-6-4-5-7-15(14)20-2/h13-16H,3-12H2,1-2H3. The van der Waals surface area contributed by atoms with E-state index in [4.69, 9.17) is 0 Å². The summed E-state index contributed by atoms with van der Waals surface area (Å²) in [5.74, 6) is 0.294. The molecule has 1 saturated carbocycles. The molecular weight excluding hydrogens is 304 g/mol. The zero-order valence-corrected chi connectivity index (χ0v) is 15.0. The average Bonchev–Trinajstić information content (AvgIpc) is 2.48. The van der Waals surface area contributed by atoms with E-state index in [-0.39, 0.29) is 0 Å². The van der Waals surface area contributed by atoms with Gasteiger partial charge in [-0.05, 0) is 38.4 Å². The SMILES string of the molecule is CCCS(=O)(=O)N1CCC(NC2CCCCC2SC)CC1. The van der Waals surface area contributed by atoms with Crippen molar-refractivity contribution < 1.29 is 8.42 Å². The molecule has 1 saturated heterocycles. The molecule has 2 aliphatic rings. The first-order valence-corrected chi connectivity index (χ1v) is 11.2. The van der Waals surface area contributed by atoms with E-state index in [9.17, 15) is 8.42 Å². The first kappa shape index (κ1) is 17.6. The monoisotopic (exact) mass is 334 g/mol. The molecule has 2 atom stereocenters. The fraction of sp³-hybridized carbons (Fsp3) is 1.00. The lowest BCUT2D eigenvalue weighted by molar-refractivity contribution is 0.255. The zero-order chi connectivity index (χ0) is 15.3. The largest absolute Gasteiger partial charge is 0.310 e. The molecule has 124 valence electrons. The molecule has 2 fully saturated rings. The highest BCUT2D eigenvalue weighted by Gasteiger charge is 2.31. The number of piperidine rings is 1. The van der Waals surface area contributed by atoms with E-state index >= 15 is 0 Å². The molecule has 1 aliphatic heterocycles. The van der Waals surface area contributed by atoms with Gasteiger partial charge in [0, 0.05) is 30.4 Å². The third-order valence-corrected chi connectivity index (χ3v) is 8.01. The number of thioether (sulfide) groups is 1. The van der Waals surface area contributed by atoms with E-state index in [2.05, 4.69) is 11.6 Å². The number of nitrogens with one attached hydrogen (secondary N) is 1. The maximum Gasteiger partial charge on any atom is 0.214 e. The predicted octanol–water partition coefficient (Wildman–Crippen LogP) is 2.45. The minimum Gasteiger partial charge on any atom is -0.310 e. The first-order chi connectivity index (χ1) is 10.1. The summed E-state index contributed by atoms with van der Waals surface area (Å²) < 4.78 is 25.9. The molecule has 2 rings (SSSR count). The summed E-state index contributed by atoms with van der Waals surface area (Å²) in [5.41, 5.74) is 0. The Morgan fingerprint density at radius 1 is 1.14 bits per heavy atom. The second-order valence-electron chi connectivity index (χ2n) is 6.32. The molecule has 0 aromatic carbocycles. The van der Waals surface area contributed by atoms with Gasteiger partial charge in [0.25, 0.3) is 0 Å². The molecule has 6 heteroatoms. The quantitative estimate of drug-likeness (QED) is 0.810. The second kappa shape index (κ2) is 8.18. The summed E-state index contributed by atoms with van der Waals surface area (Å²) in [4.78, 5) is 0. The Morgan fingerprint density at radius 2 is 1.81 bits per heavy atom. The smallest absolute Gasteiger partial charge is 0.214 e. The van der Waals surface area contributed by atoms with Gasteiger partial charge < -0.3 is 5.32 Å². The predicted molar refractivity (Wildman–Crippen MR) is 91.4 cm³/mol. The second-order valence-corrected chi connectivity index (χ2v) is 9.49. The number of hydrogen-bond acceptors (Lipinski definition) is 4. The summed E-state index contributed by atoms with van der Waals surface area (Å²) in [6.07, 6.45) is 10.1. The van der Waals surface area contributed by atoms with Crippen LogP contribution in [0.4, 0.5) is 0 Å². The first-order valence-electron chi connectivity index (χ1n) is 8.33. The van der Waals surface area contributed by atoms with Gasteiger partial charge in [0.2, 0.25) is 10.0 Å². The summed E-state index contributed by atoms with van der Waals surface area (Å²) in [5, 5.41) is 4.56. The van der Waals surface area contributed by atoms with Gasteiger partial charge in [-0.15, -0.1) is 0 Å². The number of nitrogens with zero attached hydrogens (tertiary/aromatic N) is 1. The van der Waals surface area contributed by atoms with Crippen molar-refractivity contribution in [3.8, 4) is 0 Å². The van der Waals surface area contributed by atoms with E-state index in [0.717, 1.165) is 18.1 Å². The van der Waals surface area contributed by atoms with Gasteiger partial charge in [0.15, 0.2) is 0 Å². The van der Waals surface area contributed by atoms with Crippen molar-refractivity contribution in [1.29, 1.82) is 0 Å². The third kappa shape index (κ3) is 4.85. The molecule has 2 unspecified atom stereocenters. The van der Waals surface area contributed by atoms with Crippen LogP contribution in [0.5, 0.6) is 0 Å². The van der Waals surface area contributed by atoms with Crippen LogP contribution in [0.25, 0.3) is 0 Å². The van der Waals surface area contributed by atoms with Crippen LogP contribution >= 0.6 is 11.8 Å². The Balaban J connectivity index is 1.81. The lowest BCUT2D eigenvalue weighted by atomic mass is 9.93. The molecule has 0 radical (unpaired) electrons. The van der Waals surface area contributed by atoms with Crippen LogP contribution < -0.4 is 5.32 Å². The molecule has 1 N–H and O–H groups in total. The molecule has 4 nitrogen and oxygen atoms in total. The van der Waals surface area contributed by atoms with E-state index in [1.165, 1.54) is 25.7 Å². The highest BCUT2D eigenvalue weighted by atomic mass is 32.2. The summed E-state index contributed by atoms with van der Waals surface area (Å²) in [7, 11) is -3.00. The van der Waals surface area contributed by atoms with Gasteiger partial charge in [0.05, 0.1) is 5.75 Å². The van der Waals surface area contributed by atoms with E-state index in [1.54, 1.807) is 4.31 Å². The van der Waals surface area contributed by atoms with Crippen LogP contribution in [0, 0.1) is 0 Å². The van der Waals surface area contributed by atoms with Crippen LogP contribution in [-0.4, -0.2) is 55.2 Å². The van der Waals surface area contributed by atoms with Crippen molar-refractivity contribution in [3.05, 3.63) is 0 Å². The van der Waals surface area contributed by atoms with Crippen molar-refractivity contribution in [2.24, 2.45) is 0 Å². The Bertz CT molecular complexity index is 406. The maximum atomic E-state index is 12.1. The van der Waals surface area contributed by atoms with Gasteiger partial charge >= 0.3 is 0 Å². The van der Waals surface area contributed by atoms with Crippen molar-refractivity contribution in [2.45, 2.75) is 69.2 Å². The highest BCUT2D eigenvalue weighted by molar-refractivity contribution is 7.99. The Labute approximate surface area is 134 Å². The van der Waals surface area contributed by atoms with Gasteiger partial charge in [-0.25, -0.2) is 12.7 Å². The highest BCUT2D eigenvalue weighted by Crippen LogP contribution is 2.28. The van der Waals surface area contributed by atoms with Crippen LogP contribution in [0.2, 0.25) is 0 Å². The fourth-order valence-electron chi connectivity index (χ4n) is 3.56. The Kier molecular flexibility index (Phi) is 6.84. The lowest BCUT2D eigenvalue weighted by Crippen LogP contribution is -2.51. The van der Waals surface area contributed by atoms with Gasteiger partial charge in [0.1, 0.15) is 0 Å². The third-order valence-electron chi connectivity index (χ3n) is 4.76. The Hall–Kier alpha value is 0.220. The van der Waals surface area contributed by atoms with Crippen molar-refractivity contribution >= 4 is 21.8 Å². The van der Waals surface area contributed by atoms with Gasteiger partial charge in [-0.1, -0.05) is 19.8 Å². The van der Waals surface area contributed by atoms with E-state index in [0.29, 0.717) is 37.3 Å². The Morgan fingerprint density at radius 3 is 2.43 bits per heavy atom.